The maximum atomic E-state index is 6.39. The molecular weight excluding hydrogens is 364 g/mol. The van der Waals surface area contributed by atoms with Crippen LogP contribution in [0.15, 0.2) is 72.8 Å². The summed E-state index contributed by atoms with van der Waals surface area (Å²) in [7, 11) is 0. The van der Waals surface area contributed by atoms with Crippen molar-refractivity contribution in [3.8, 4) is 11.1 Å². The molecule has 1 aliphatic rings. The molecule has 28 heavy (non-hydrogen) atoms. The zero-order chi connectivity index (χ0) is 19.3. The van der Waals surface area contributed by atoms with Crippen molar-refractivity contribution in [2.24, 2.45) is 0 Å². The minimum absolute atomic E-state index is 0.515. The minimum Gasteiger partial charge on any atom is -0.311 e. The Kier molecular flexibility index (Phi) is 6.11. The van der Waals surface area contributed by atoms with Crippen molar-refractivity contribution in [2.75, 3.05) is 19.6 Å². The van der Waals surface area contributed by atoms with Crippen molar-refractivity contribution in [3.63, 3.8) is 0 Å². The summed E-state index contributed by atoms with van der Waals surface area (Å²) in [6, 6.07) is 26.3. The van der Waals surface area contributed by atoms with Gasteiger partial charge in [0.1, 0.15) is 0 Å². The Hall–Kier alpha value is -2.13. The maximum absolute atomic E-state index is 6.39. The average molecular weight is 391 g/mol. The number of nitrogens with zero attached hydrogens (tertiary/aromatic N) is 1. The van der Waals surface area contributed by atoms with Crippen LogP contribution in [0.2, 0.25) is 5.02 Å². The SMILES string of the molecule is Cc1ccc(Cl)c(-c2ccc(CN3CCN[C@H](Cc4ccccc4)C3)cc2)c1. The monoisotopic (exact) mass is 390 g/mol. The topological polar surface area (TPSA) is 15.3 Å². The van der Waals surface area contributed by atoms with Crippen molar-refractivity contribution in [1.29, 1.82) is 0 Å². The summed E-state index contributed by atoms with van der Waals surface area (Å²) in [5.74, 6) is 0. The van der Waals surface area contributed by atoms with Crippen LogP contribution in [0.3, 0.4) is 0 Å². The molecule has 0 amide bonds. The summed E-state index contributed by atoms with van der Waals surface area (Å²) in [6.07, 6.45) is 1.09. The molecule has 3 aromatic carbocycles. The Morgan fingerprint density at radius 1 is 0.964 bits per heavy atom. The number of aryl methyl sites for hydroxylation is 1. The second-order valence-electron chi connectivity index (χ2n) is 7.76. The predicted octanol–water partition coefficient (Wildman–Crippen LogP) is 5.33. The lowest BCUT2D eigenvalue weighted by atomic mass is 10.0. The third kappa shape index (κ3) is 4.82. The van der Waals surface area contributed by atoms with Gasteiger partial charge in [0.05, 0.1) is 0 Å². The molecule has 0 aromatic heterocycles. The molecule has 2 nitrogen and oxygen atoms in total. The number of hydrogen-bond donors (Lipinski definition) is 1. The van der Waals surface area contributed by atoms with Crippen LogP contribution in [0.5, 0.6) is 0 Å². The van der Waals surface area contributed by atoms with Crippen LogP contribution in [-0.4, -0.2) is 30.6 Å². The predicted molar refractivity (Wildman–Crippen MR) is 119 cm³/mol. The average Bonchev–Trinajstić information content (AvgIpc) is 2.72. The fourth-order valence-corrected chi connectivity index (χ4v) is 4.21. The Balaban J connectivity index is 1.39. The first kappa shape index (κ1) is 19.2. The molecule has 0 bridgehead atoms. The van der Waals surface area contributed by atoms with Gasteiger partial charge >= 0.3 is 0 Å². The van der Waals surface area contributed by atoms with Crippen LogP contribution in [0.25, 0.3) is 11.1 Å². The quantitative estimate of drug-likeness (QED) is 0.633. The second kappa shape index (κ2) is 8.91. The highest BCUT2D eigenvalue weighted by atomic mass is 35.5. The molecule has 3 aromatic rings. The van der Waals surface area contributed by atoms with Crippen LogP contribution in [-0.2, 0) is 13.0 Å². The smallest absolute Gasteiger partial charge is 0.0484 e. The summed E-state index contributed by atoms with van der Waals surface area (Å²) < 4.78 is 0. The van der Waals surface area contributed by atoms with E-state index >= 15 is 0 Å². The highest BCUT2D eigenvalue weighted by Crippen LogP contribution is 2.29. The molecule has 4 rings (SSSR count). The van der Waals surface area contributed by atoms with Crippen LogP contribution in [0, 0.1) is 6.92 Å². The molecule has 0 saturated carbocycles. The standard InChI is InChI=1S/C25H27ClN2/c1-19-7-12-25(26)24(15-19)22-10-8-21(9-11-22)17-28-14-13-27-23(18-28)16-20-5-3-2-4-6-20/h2-12,15,23,27H,13-14,16-18H2,1H3/t23-/m1/s1. The van der Waals surface area contributed by atoms with Crippen LogP contribution in [0.1, 0.15) is 16.7 Å². The number of halogens is 1. The molecule has 1 atom stereocenters. The van der Waals surface area contributed by atoms with E-state index in [0.29, 0.717) is 6.04 Å². The Labute approximate surface area is 173 Å². The Morgan fingerprint density at radius 3 is 2.54 bits per heavy atom. The summed E-state index contributed by atoms with van der Waals surface area (Å²) >= 11 is 6.39. The van der Waals surface area contributed by atoms with Gasteiger partial charge in [0.15, 0.2) is 0 Å². The van der Waals surface area contributed by atoms with E-state index in [2.05, 4.69) is 83.9 Å². The van der Waals surface area contributed by atoms with E-state index in [4.69, 9.17) is 11.6 Å². The van der Waals surface area contributed by atoms with Gasteiger partial charge in [0.2, 0.25) is 0 Å². The molecule has 1 saturated heterocycles. The zero-order valence-corrected chi connectivity index (χ0v) is 17.1. The van der Waals surface area contributed by atoms with E-state index in [-0.39, 0.29) is 0 Å². The van der Waals surface area contributed by atoms with E-state index in [1.807, 2.05) is 6.07 Å². The van der Waals surface area contributed by atoms with Crippen molar-refractivity contribution in [3.05, 3.63) is 94.5 Å². The minimum atomic E-state index is 0.515. The number of piperazine rings is 1. The van der Waals surface area contributed by atoms with E-state index in [0.717, 1.165) is 43.2 Å². The second-order valence-corrected chi connectivity index (χ2v) is 8.16. The largest absolute Gasteiger partial charge is 0.311 e. The molecule has 0 spiro atoms. The zero-order valence-electron chi connectivity index (χ0n) is 16.4. The molecule has 1 N–H and O–H groups in total. The van der Waals surface area contributed by atoms with Gasteiger partial charge < -0.3 is 5.32 Å². The number of benzene rings is 3. The van der Waals surface area contributed by atoms with E-state index in [1.165, 1.54) is 22.3 Å². The van der Waals surface area contributed by atoms with Crippen molar-refractivity contribution in [2.45, 2.75) is 25.9 Å². The van der Waals surface area contributed by atoms with Gasteiger partial charge in [-0.15, -0.1) is 0 Å². The summed E-state index contributed by atoms with van der Waals surface area (Å²) in [5.41, 5.74) is 6.28. The fourth-order valence-electron chi connectivity index (χ4n) is 3.98. The first-order valence-electron chi connectivity index (χ1n) is 10.0. The van der Waals surface area contributed by atoms with Gasteiger partial charge in [-0.3, -0.25) is 4.90 Å². The van der Waals surface area contributed by atoms with E-state index in [9.17, 15) is 0 Å². The van der Waals surface area contributed by atoms with Crippen LogP contribution < -0.4 is 5.32 Å². The van der Waals surface area contributed by atoms with E-state index in [1.54, 1.807) is 0 Å². The molecule has 0 aliphatic carbocycles. The molecule has 1 fully saturated rings. The molecular formula is C25H27ClN2. The lowest BCUT2D eigenvalue weighted by molar-refractivity contribution is 0.192. The molecule has 144 valence electrons. The highest BCUT2D eigenvalue weighted by Gasteiger charge is 2.19. The highest BCUT2D eigenvalue weighted by molar-refractivity contribution is 6.33. The van der Waals surface area contributed by atoms with Crippen molar-refractivity contribution in [1.82, 2.24) is 10.2 Å². The number of hydrogen-bond acceptors (Lipinski definition) is 2. The molecule has 3 heteroatoms. The van der Waals surface area contributed by atoms with Gasteiger partial charge in [0, 0.05) is 42.8 Å². The Bertz CT molecular complexity index is 906. The van der Waals surface area contributed by atoms with Crippen LogP contribution >= 0.6 is 11.6 Å². The van der Waals surface area contributed by atoms with E-state index < -0.39 is 0 Å². The first-order chi connectivity index (χ1) is 13.7. The number of nitrogens with one attached hydrogen (secondary N) is 1. The lowest BCUT2D eigenvalue weighted by Crippen LogP contribution is -2.51. The Morgan fingerprint density at radius 2 is 1.75 bits per heavy atom. The molecule has 0 unspecified atom stereocenters. The van der Waals surface area contributed by atoms with Gasteiger partial charge in [0.25, 0.3) is 0 Å². The first-order valence-corrected chi connectivity index (χ1v) is 10.4. The molecule has 0 radical (unpaired) electrons. The fraction of sp³-hybridized carbons (Fsp3) is 0.280. The number of rotatable bonds is 5. The van der Waals surface area contributed by atoms with Gasteiger partial charge in [-0.2, -0.15) is 0 Å². The lowest BCUT2D eigenvalue weighted by Gasteiger charge is -2.34. The third-order valence-corrected chi connectivity index (χ3v) is 5.79. The van der Waals surface area contributed by atoms with Gasteiger partial charge in [-0.05, 0) is 42.2 Å². The third-order valence-electron chi connectivity index (χ3n) is 5.46. The van der Waals surface area contributed by atoms with Gasteiger partial charge in [-0.1, -0.05) is 77.8 Å². The normalized spacial score (nSPS) is 17.6. The molecule has 1 aliphatic heterocycles. The summed E-state index contributed by atoms with van der Waals surface area (Å²) in [5, 5.41) is 4.48. The van der Waals surface area contributed by atoms with Gasteiger partial charge in [-0.25, -0.2) is 0 Å². The van der Waals surface area contributed by atoms with Crippen molar-refractivity contribution >= 4 is 11.6 Å². The molecule has 1 heterocycles. The maximum Gasteiger partial charge on any atom is 0.0484 e. The summed E-state index contributed by atoms with van der Waals surface area (Å²) in [4.78, 5) is 2.55. The van der Waals surface area contributed by atoms with Crippen LogP contribution in [0.4, 0.5) is 0 Å². The summed E-state index contributed by atoms with van der Waals surface area (Å²) in [6.45, 7) is 6.32. The van der Waals surface area contributed by atoms with Crippen molar-refractivity contribution < 1.29 is 0 Å².